The summed E-state index contributed by atoms with van der Waals surface area (Å²) in [6, 6.07) is 17.2. The Bertz CT molecular complexity index is 551. The average molecular weight is 224 g/mol. The van der Waals surface area contributed by atoms with Crippen molar-refractivity contribution in [3.05, 3.63) is 60.2 Å². The third-order valence-corrected chi connectivity index (χ3v) is 2.89. The molecule has 2 aromatic carbocycles. The average Bonchev–Trinajstić information content (AvgIpc) is 2.83. The second-order valence-corrected chi connectivity index (χ2v) is 3.95. The fraction of sp³-hybridized carbons (Fsp3) is 0.0714. The Hall–Kier alpha value is -2.29. The summed E-state index contributed by atoms with van der Waals surface area (Å²) in [5.74, 6) is 0.0306. The van der Waals surface area contributed by atoms with Gasteiger partial charge in [0, 0.05) is 5.56 Å². The van der Waals surface area contributed by atoms with Gasteiger partial charge in [-0.2, -0.15) is 0 Å². The number of rotatable bonds is 1. The number of para-hydroxylation sites is 2. The lowest BCUT2D eigenvalue weighted by Gasteiger charge is -2.15. The fourth-order valence-electron chi connectivity index (χ4n) is 2.03. The van der Waals surface area contributed by atoms with Crippen LogP contribution in [0.3, 0.4) is 0 Å². The van der Waals surface area contributed by atoms with E-state index in [0.717, 1.165) is 11.4 Å². The van der Waals surface area contributed by atoms with Crippen molar-refractivity contribution in [3.8, 4) is 0 Å². The largest absolute Gasteiger partial charge is 0.366 e. The number of amides is 1. The van der Waals surface area contributed by atoms with E-state index in [2.05, 4.69) is 5.32 Å². The van der Waals surface area contributed by atoms with Gasteiger partial charge in [0.25, 0.3) is 5.91 Å². The predicted octanol–water partition coefficient (Wildman–Crippen LogP) is 2.72. The molecule has 0 spiro atoms. The number of nitrogens with zero attached hydrogens (tertiary/aromatic N) is 1. The van der Waals surface area contributed by atoms with E-state index < -0.39 is 0 Å². The van der Waals surface area contributed by atoms with Crippen LogP contribution in [0.2, 0.25) is 0 Å². The van der Waals surface area contributed by atoms with E-state index in [1.54, 1.807) is 4.90 Å². The Labute approximate surface area is 99.7 Å². The maximum Gasteiger partial charge on any atom is 0.259 e. The molecule has 1 N–H and O–H groups in total. The Morgan fingerprint density at radius 3 is 2.53 bits per heavy atom. The summed E-state index contributed by atoms with van der Waals surface area (Å²) in [4.78, 5) is 14.1. The molecule has 0 unspecified atom stereocenters. The molecule has 0 bridgehead atoms. The summed E-state index contributed by atoms with van der Waals surface area (Å²) in [6.07, 6.45) is 0. The maximum absolute atomic E-state index is 12.3. The zero-order valence-electron chi connectivity index (χ0n) is 9.26. The molecule has 0 fully saturated rings. The van der Waals surface area contributed by atoms with Gasteiger partial charge in [-0.05, 0) is 24.3 Å². The van der Waals surface area contributed by atoms with Crippen LogP contribution in [0.4, 0.5) is 11.4 Å². The number of carbonyl (C=O) groups is 1. The van der Waals surface area contributed by atoms with Gasteiger partial charge in [0.05, 0.1) is 18.0 Å². The van der Waals surface area contributed by atoms with Gasteiger partial charge >= 0.3 is 0 Å². The number of anilines is 2. The summed E-state index contributed by atoms with van der Waals surface area (Å²) in [5, 5.41) is 3.21. The van der Waals surface area contributed by atoms with Crippen LogP contribution >= 0.6 is 0 Å². The number of benzene rings is 2. The highest BCUT2D eigenvalue weighted by atomic mass is 16.2. The van der Waals surface area contributed by atoms with Gasteiger partial charge in [0.1, 0.15) is 0 Å². The fourth-order valence-corrected chi connectivity index (χ4v) is 2.03. The standard InChI is InChI=1S/C14H12N2O/c17-14(11-6-2-1-3-7-11)16-10-15-12-8-4-5-9-13(12)16/h1-9,15H,10H2. The van der Waals surface area contributed by atoms with Crippen LogP contribution < -0.4 is 10.2 Å². The predicted molar refractivity (Wildman–Crippen MR) is 68.2 cm³/mol. The number of hydrogen-bond donors (Lipinski definition) is 1. The van der Waals surface area contributed by atoms with E-state index in [1.807, 2.05) is 54.6 Å². The smallest absolute Gasteiger partial charge is 0.259 e. The van der Waals surface area contributed by atoms with Crippen molar-refractivity contribution in [1.82, 2.24) is 0 Å². The van der Waals surface area contributed by atoms with Crippen LogP contribution in [0.5, 0.6) is 0 Å². The highest BCUT2D eigenvalue weighted by Gasteiger charge is 2.24. The van der Waals surface area contributed by atoms with Crippen molar-refractivity contribution < 1.29 is 4.79 Å². The van der Waals surface area contributed by atoms with Gasteiger partial charge in [0.2, 0.25) is 0 Å². The van der Waals surface area contributed by atoms with Crippen molar-refractivity contribution in [2.45, 2.75) is 0 Å². The first-order valence-electron chi connectivity index (χ1n) is 5.56. The van der Waals surface area contributed by atoms with E-state index in [4.69, 9.17) is 0 Å². The van der Waals surface area contributed by atoms with Crippen molar-refractivity contribution >= 4 is 17.3 Å². The van der Waals surface area contributed by atoms with Gasteiger partial charge in [-0.1, -0.05) is 30.3 Å². The van der Waals surface area contributed by atoms with Crippen LogP contribution in [0, 0.1) is 0 Å². The van der Waals surface area contributed by atoms with E-state index in [0.29, 0.717) is 12.2 Å². The Kier molecular flexibility index (Phi) is 2.29. The van der Waals surface area contributed by atoms with Gasteiger partial charge < -0.3 is 5.32 Å². The molecule has 0 radical (unpaired) electrons. The number of hydrogen-bond acceptors (Lipinski definition) is 2. The van der Waals surface area contributed by atoms with Crippen molar-refractivity contribution in [3.63, 3.8) is 0 Å². The van der Waals surface area contributed by atoms with Crippen molar-refractivity contribution in [2.24, 2.45) is 0 Å². The van der Waals surface area contributed by atoms with Crippen LogP contribution in [0.25, 0.3) is 0 Å². The first kappa shape index (κ1) is 9.90. The summed E-state index contributed by atoms with van der Waals surface area (Å²) in [7, 11) is 0. The highest BCUT2D eigenvalue weighted by Crippen LogP contribution is 2.31. The minimum absolute atomic E-state index is 0.0306. The lowest BCUT2D eigenvalue weighted by atomic mass is 10.2. The summed E-state index contributed by atoms with van der Waals surface area (Å²) in [5.41, 5.74) is 2.67. The molecular formula is C14H12N2O. The van der Waals surface area contributed by atoms with Crippen LogP contribution in [0.15, 0.2) is 54.6 Å². The lowest BCUT2D eigenvalue weighted by Crippen LogP contribution is -2.30. The van der Waals surface area contributed by atoms with Crippen molar-refractivity contribution in [2.75, 3.05) is 16.9 Å². The molecule has 0 atom stereocenters. The van der Waals surface area contributed by atoms with E-state index in [-0.39, 0.29) is 5.91 Å². The molecule has 2 aromatic rings. The lowest BCUT2D eigenvalue weighted by molar-refractivity contribution is 0.0990. The van der Waals surface area contributed by atoms with E-state index in [1.165, 1.54) is 0 Å². The SMILES string of the molecule is O=C(c1ccccc1)N1CNc2ccccc21. The number of carbonyl (C=O) groups excluding carboxylic acids is 1. The highest BCUT2D eigenvalue weighted by molar-refractivity contribution is 6.09. The second-order valence-electron chi connectivity index (χ2n) is 3.95. The Morgan fingerprint density at radius 2 is 1.71 bits per heavy atom. The minimum Gasteiger partial charge on any atom is -0.366 e. The van der Waals surface area contributed by atoms with Crippen molar-refractivity contribution in [1.29, 1.82) is 0 Å². The van der Waals surface area contributed by atoms with E-state index >= 15 is 0 Å². The van der Waals surface area contributed by atoms with Gasteiger partial charge in [-0.3, -0.25) is 9.69 Å². The Morgan fingerprint density at radius 1 is 1.00 bits per heavy atom. The summed E-state index contributed by atoms with van der Waals surface area (Å²) in [6.45, 7) is 0.535. The monoisotopic (exact) mass is 224 g/mol. The van der Waals surface area contributed by atoms with E-state index in [9.17, 15) is 4.79 Å². The molecule has 1 aliphatic rings. The third-order valence-electron chi connectivity index (χ3n) is 2.89. The quantitative estimate of drug-likeness (QED) is 0.807. The Balaban J connectivity index is 1.95. The van der Waals surface area contributed by atoms with Gasteiger partial charge in [-0.25, -0.2) is 0 Å². The molecule has 0 aromatic heterocycles. The van der Waals surface area contributed by atoms with Gasteiger partial charge in [-0.15, -0.1) is 0 Å². The topological polar surface area (TPSA) is 32.3 Å². The zero-order valence-corrected chi connectivity index (χ0v) is 9.26. The molecular weight excluding hydrogens is 212 g/mol. The number of nitrogens with one attached hydrogen (secondary N) is 1. The molecule has 3 heteroatoms. The van der Waals surface area contributed by atoms with Crippen LogP contribution in [-0.2, 0) is 0 Å². The molecule has 1 heterocycles. The molecule has 1 amide bonds. The zero-order chi connectivity index (χ0) is 11.7. The number of fused-ring (bicyclic) bond motifs is 1. The summed E-state index contributed by atoms with van der Waals surface area (Å²) >= 11 is 0. The first-order chi connectivity index (χ1) is 8.36. The van der Waals surface area contributed by atoms with Crippen LogP contribution in [-0.4, -0.2) is 12.6 Å². The summed E-state index contributed by atoms with van der Waals surface area (Å²) < 4.78 is 0. The first-order valence-corrected chi connectivity index (χ1v) is 5.56. The normalized spacial score (nSPS) is 13.1. The minimum atomic E-state index is 0.0306. The molecule has 0 aliphatic carbocycles. The molecule has 3 rings (SSSR count). The second kappa shape index (κ2) is 3.94. The molecule has 17 heavy (non-hydrogen) atoms. The molecule has 0 saturated carbocycles. The molecule has 0 saturated heterocycles. The molecule has 3 nitrogen and oxygen atoms in total. The molecule has 1 aliphatic heterocycles. The third kappa shape index (κ3) is 1.65. The van der Waals surface area contributed by atoms with Crippen LogP contribution in [0.1, 0.15) is 10.4 Å². The maximum atomic E-state index is 12.3. The molecule has 84 valence electrons. The van der Waals surface area contributed by atoms with Gasteiger partial charge in [0.15, 0.2) is 0 Å².